The summed E-state index contributed by atoms with van der Waals surface area (Å²) in [5.74, 6) is -0.316. The van der Waals surface area contributed by atoms with Crippen molar-refractivity contribution in [2.75, 3.05) is 0 Å². The second-order valence-electron chi connectivity index (χ2n) is 1.03. The fourth-order valence-electron chi connectivity index (χ4n) is 0.195. The molecule has 0 aromatic carbocycles. The van der Waals surface area contributed by atoms with Gasteiger partial charge >= 0.3 is 0 Å². The Kier molecular flexibility index (Phi) is 1.12. The Morgan fingerprint density at radius 3 is 2.43 bits per heavy atom. The van der Waals surface area contributed by atoms with Gasteiger partial charge in [0.2, 0.25) is 0 Å². The summed E-state index contributed by atoms with van der Waals surface area (Å²) in [7, 11) is 2.94. The quantitative estimate of drug-likeness (QED) is 0.568. The van der Waals surface area contributed by atoms with Gasteiger partial charge in [0.25, 0.3) is 5.91 Å². The Balaban J connectivity index is 2.73. The molecule has 0 radical (unpaired) electrons. The minimum absolute atomic E-state index is 0.316. The lowest BCUT2D eigenvalue weighted by Crippen LogP contribution is -2.09. The van der Waals surface area contributed by atoms with Gasteiger partial charge in [0, 0.05) is 5.38 Å². The lowest BCUT2D eigenvalue weighted by molar-refractivity contribution is 0.100. The number of amides is 1. The molecule has 0 bridgehead atoms. The highest BCUT2D eigenvalue weighted by Crippen LogP contribution is 2.17. The van der Waals surface area contributed by atoms with Crippen molar-refractivity contribution in [1.29, 1.82) is 0 Å². The molecule has 0 fully saturated rings. The highest BCUT2D eigenvalue weighted by atomic mass is 32.9. The van der Waals surface area contributed by atoms with E-state index in [2.05, 4.69) is 0 Å². The van der Waals surface area contributed by atoms with Crippen LogP contribution in [0.2, 0.25) is 0 Å². The van der Waals surface area contributed by atoms with Crippen LogP contribution in [0.25, 0.3) is 0 Å². The van der Waals surface area contributed by atoms with Gasteiger partial charge in [-0.25, -0.2) is 0 Å². The number of carbonyl (C=O) groups excluding carboxylic acids is 1. The molecule has 0 aliphatic rings. The molecule has 0 spiro atoms. The minimum Gasteiger partial charge on any atom is -0.365 e. The third-order valence-electron chi connectivity index (χ3n) is 0.536. The molecule has 1 amide bonds. The van der Waals surface area contributed by atoms with E-state index in [0.29, 0.717) is 4.88 Å². The van der Waals surface area contributed by atoms with Gasteiger partial charge in [0.15, 0.2) is 0 Å². The maximum absolute atomic E-state index is 10.1. The summed E-state index contributed by atoms with van der Waals surface area (Å²) in [6.45, 7) is 0. The van der Waals surface area contributed by atoms with Crippen molar-refractivity contribution in [3.63, 3.8) is 0 Å². The first-order valence-corrected chi connectivity index (χ1v) is 3.85. The molecule has 2 nitrogen and oxygen atoms in total. The first kappa shape index (κ1) is 4.80. The molecular weight excluding hydrogens is 130 g/mol. The largest absolute Gasteiger partial charge is 0.365 e. The first-order valence-electron chi connectivity index (χ1n) is 1.64. The van der Waals surface area contributed by atoms with Gasteiger partial charge in [0.1, 0.15) is 4.88 Å². The van der Waals surface area contributed by atoms with Crippen LogP contribution in [-0.4, -0.2) is 5.91 Å². The highest BCUT2D eigenvalue weighted by molar-refractivity contribution is 7.71. The van der Waals surface area contributed by atoms with Crippen molar-refractivity contribution in [1.82, 2.24) is 0 Å². The van der Waals surface area contributed by atoms with E-state index < -0.39 is 0 Å². The summed E-state index contributed by atoms with van der Waals surface area (Å²) in [6.07, 6.45) is 0. The van der Waals surface area contributed by atoms with Crippen molar-refractivity contribution >= 4 is 26.6 Å². The van der Waals surface area contributed by atoms with Crippen molar-refractivity contribution in [3.05, 3.63) is 10.3 Å². The monoisotopic (exact) mass is 133 g/mol. The zero-order chi connectivity index (χ0) is 5.28. The zero-order valence-electron chi connectivity index (χ0n) is 3.38. The third kappa shape index (κ3) is 0.808. The second-order valence-corrected chi connectivity index (χ2v) is 3.14. The summed E-state index contributed by atoms with van der Waals surface area (Å²) >= 11 is 0. The molecule has 1 aromatic heterocycles. The predicted octanol–water partition coefficient (Wildman–Crippen LogP) is 0.909. The molecule has 2 N–H and O–H groups in total. The Labute approximate surface area is 48.0 Å². The molecule has 0 aliphatic heterocycles. The lowest BCUT2D eigenvalue weighted by atomic mass is 10.6. The predicted molar refractivity (Wildman–Crippen MR) is 30.7 cm³/mol. The van der Waals surface area contributed by atoms with Gasteiger partial charge in [0.05, 0.1) is 0 Å². The number of carbonyl (C=O) groups is 1. The van der Waals surface area contributed by atoms with Crippen LogP contribution in [0.4, 0.5) is 0 Å². The number of rotatable bonds is 1. The van der Waals surface area contributed by atoms with E-state index in [1.54, 1.807) is 5.38 Å². The topological polar surface area (TPSA) is 43.1 Å². The van der Waals surface area contributed by atoms with Crippen molar-refractivity contribution in [3.8, 4) is 0 Å². The van der Waals surface area contributed by atoms with E-state index in [9.17, 15) is 4.79 Å². The van der Waals surface area contributed by atoms with Crippen LogP contribution in [0.3, 0.4) is 0 Å². The molecule has 4 heteroatoms. The average molecular weight is 133 g/mol. The molecule has 0 saturated carbocycles. The maximum atomic E-state index is 10.1. The van der Waals surface area contributed by atoms with Crippen LogP contribution in [0.1, 0.15) is 9.67 Å². The van der Waals surface area contributed by atoms with E-state index in [1.807, 2.05) is 0 Å². The van der Waals surface area contributed by atoms with Crippen LogP contribution in [0.15, 0.2) is 5.38 Å². The van der Waals surface area contributed by atoms with Crippen molar-refractivity contribution < 1.29 is 4.79 Å². The van der Waals surface area contributed by atoms with Gasteiger partial charge in [-0.15, -0.1) is 0 Å². The summed E-state index contributed by atoms with van der Waals surface area (Å²) < 4.78 is 0. The SMILES string of the molecule is NC(=O)c1css1. The summed E-state index contributed by atoms with van der Waals surface area (Å²) in [5, 5.41) is 1.74. The van der Waals surface area contributed by atoms with E-state index >= 15 is 0 Å². The van der Waals surface area contributed by atoms with E-state index in [1.165, 1.54) is 20.7 Å². The van der Waals surface area contributed by atoms with Crippen LogP contribution in [0, 0.1) is 0 Å². The fourth-order valence-corrected chi connectivity index (χ4v) is 1.41. The normalized spacial score (nSPS) is 9.14. The Bertz CT molecular complexity index is 157. The van der Waals surface area contributed by atoms with Gasteiger partial charge in [-0.1, -0.05) is 20.7 Å². The Morgan fingerprint density at radius 1 is 1.86 bits per heavy atom. The highest BCUT2D eigenvalue weighted by Gasteiger charge is 2.00. The molecule has 38 valence electrons. The Hall–Kier alpha value is -0.350. The van der Waals surface area contributed by atoms with Crippen LogP contribution in [0.5, 0.6) is 0 Å². The fraction of sp³-hybridized carbons (Fsp3) is 0. The molecule has 0 unspecified atom stereocenters. The summed E-state index contributed by atoms with van der Waals surface area (Å²) in [6, 6.07) is 0. The number of hydrogen-bond donors (Lipinski definition) is 1. The minimum atomic E-state index is -0.316. The molecule has 1 rings (SSSR count). The summed E-state index contributed by atoms with van der Waals surface area (Å²) in [5.41, 5.74) is 4.86. The molecule has 0 aliphatic carbocycles. The van der Waals surface area contributed by atoms with Gasteiger partial charge in [-0.2, -0.15) is 0 Å². The molecule has 1 heterocycles. The zero-order valence-corrected chi connectivity index (χ0v) is 5.01. The third-order valence-corrected chi connectivity index (χ3v) is 2.73. The van der Waals surface area contributed by atoms with E-state index in [-0.39, 0.29) is 5.91 Å². The smallest absolute Gasteiger partial charge is 0.260 e. The number of primary amides is 1. The Morgan fingerprint density at radius 2 is 2.43 bits per heavy atom. The molecule has 0 saturated heterocycles. The van der Waals surface area contributed by atoms with Crippen LogP contribution >= 0.6 is 20.7 Å². The molecule has 7 heavy (non-hydrogen) atoms. The molecule has 0 atom stereocenters. The number of nitrogens with two attached hydrogens (primary N) is 1. The lowest BCUT2D eigenvalue weighted by Gasteiger charge is -1.90. The summed E-state index contributed by atoms with van der Waals surface area (Å²) in [4.78, 5) is 10.8. The first-order chi connectivity index (χ1) is 3.30. The van der Waals surface area contributed by atoms with Crippen LogP contribution in [-0.2, 0) is 0 Å². The molecule has 1 aromatic rings. The van der Waals surface area contributed by atoms with Crippen molar-refractivity contribution in [2.24, 2.45) is 5.73 Å². The van der Waals surface area contributed by atoms with Gasteiger partial charge in [-0.3, -0.25) is 4.79 Å². The number of hydrogen-bond acceptors (Lipinski definition) is 3. The van der Waals surface area contributed by atoms with Crippen molar-refractivity contribution in [2.45, 2.75) is 0 Å². The van der Waals surface area contributed by atoms with Gasteiger partial charge in [-0.05, 0) is 0 Å². The van der Waals surface area contributed by atoms with Gasteiger partial charge < -0.3 is 5.73 Å². The second kappa shape index (κ2) is 1.63. The molecular formula is C3H3NOS2. The van der Waals surface area contributed by atoms with Crippen LogP contribution < -0.4 is 5.73 Å². The van der Waals surface area contributed by atoms with E-state index in [0.717, 1.165) is 0 Å². The average Bonchev–Trinajstić information content (AvgIpc) is 1.23. The standard InChI is InChI=1S/C3H3NOS2/c4-3(5)2-1-6-7-2/h1H,(H2,4,5). The maximum Gasteiger partial charge on any atom is 0.260 e. The van der Waals surface area contributed by atoms with E-state index in [4.69, 9.17) is 5.73 Å².